The second kappa shape index (κ2) is 13.2. The zero-order valence-corrected chi connectivity index (χ0v) is 18.5. The number of rotatable bonds is 7. The maximum absolute atomic E-state index is 12.3. The quantitative estimate of drug-likeness (QED) is 0.332. The van der Waals surface area contributed by atoms with Crippen molar-refractivity contribution < 1.29 is 29.3 Å². The number of nitrogens with one attached hydrogen (secondary N) is 2. The molecule has 0 aliphatic rings. The molecular weight excluding hydrogens is 440 g/mol. The summed E-state index contributed by atoms with van der Waals surface area (Å²) in [6, 6.07) is 17.6. The SMILES string of the molecule is CC(O)C(=O)O.Nc1ccccc1NC(=O)c1ccc(CNC(=O)OCc2cccnc2)cc1. The van der Waals surface area contributed by atoms with Crippen LogP contribution >= 0.6 is 0 Å². The highest BCUT2D eigenvalue weighted by Gasteiger charge is 2.08. The normalized spacial score (nSPS) is 10.8. The molecule has 3 rings (SSSR count). The van der Waals surface area contributed by atoms with Gasteiger partial charge in [-0.2, -0.15) is 0 Å². The van der Waals surface area contributed by atoms with Gasteiger partial charge in [-0.05, 0) is 42.8 Å². The molecule has 0 bridgehead atoms. The van der Waals surface area contributed by atoms with E-state index in [4.69, 9.17) is 20.7 Å². The number of aliphatic hydroxyl groups excluding tert-OH is 1. The van der Waals surface area contributed by atoms with E-state index in [2.05, 4.69) is 15.6 Å². The topological polar surface area (TPSA) is 164 Å². The van der Waals surface area contributed by atoms with E-state index in [0.717, 1.165) is 11.1 Å². The van der Waals surface area contributed by atoms with Crippen LogP contribution in [-0.2, 0) is 22.7 Å². The van der Waals surface area contributed by atoms with Gasteiger partial charge in [-0.25, -0.2) is 9.59 Å². The zero-order chi connectivity index (χ0) is 24.9. The van der Waals surface area contributed by atoms with E-state index in [1.54, 1.807) is 67.0 Å². The van der Waals surface area contributed by atoms with E-state index in [9.17, 15) is 14.4 Å². The third-order valence-corrected chi connectivity index (χ3v) is 4.31. The number of alkyl carbamates (subject to hydrolysis) is 1. The van der Waals surface area contributed by atoms with Gasteiger partial charge in [-0.15, -0.1) is 0 Å². The number of amides is 2. The van der Waals surface area contributed by atoms with Gasteiger partial charge in [0, 0.05) is 30.1 Å². The molecule has 0 aliphatic heterocycles. The van der Waals surface area contributed by atoms with Gasteiger partial charge in [0.1, 0.15) is 12.7 Å². The highest BCUT2D eigenvalue weighted by Crippen LogP contribution is 2.18. The summed E-state index contributed by atoms with van der Waals surface area (Å²) in [4.78, 5) is 37.5. The van der Waals surface area contributed by atoms with Gasteiger partial charge in [0.05, 0.1) is 11.4 Å². The van der Waals surface area contributed by atoms with Gasteiger partial charge < -0.3 is 31.3 Å². The molecule has 1 aromatic heterocycles. The fraction of sp³-hybridized carbons (Fsp3) is 0.167. The Morgan fingerprint density at radius 2 is 1.71 bits per heavy atom. The van der Waals surface area contributed by atoms with Crippen molar-refractivity contribution in [1.82, 2.24) is 10.3 Å². The molecule has 0 saturated carbocycles. The minimum Gasteiger partial charge on any atom is -0.479 e. The Morgan fingerprint density at radius 1 is 1.03 bits per heavy atom. The van der Waals surface area contributed by atoms with Crippen LogP contribution < -0.4 is 16.4 Å². The lowest BCUT2D eigenvalue weighted by Gasteiger charge is -2.09. The summed E-state index contributed by atoms with van der Waals surface area (Å²) in [5.74, 6) is -1.44. The smallest absolute Gasteiger partial charge is 0.407 e. The monoisotopic (exact) mass is 466 g/mol. The predicted octanol–water partition coefficient (Wildman–Crippen LogP) is 2.79. The molecule has 1 heterocycles. The van der Waals surface area contributed by atoms with Crippen molar-refractivity contribution in [3.8, 4) is 0 Å². The number of ether oxygens (including phenoxy) is 1. The third-order valence-electron chi connectivity index (χ3n) is 4.31. The van der Waals surface area contributed by atoms with Crippen LogP contribution in [0.2, 0.25) is 0 Å². The molecule has 6 N–H and O–H groups in total. The van der Waals surface area contributed by atoms with Gasteiger partial charge >= 0.3 is 12.1 Å². The van der Waals surface area contributed by atoms with Crippen molar-refractivity contribution in [2.24, 2.45) is 0 Å². The van der Waals surface area contributed by atoms with Crippen LogP contribution in [0.4, 0.5) is 16.2 Å². The minimum atomic E-state index is -1.23. The molecular formula is C24H26N4O6. The molecule has 0 spiro atoms. The lowest BCUT2D eigenvalue weighted by molar-refractivity contribution is -0.145. The Labute approximate surface area is 196 Å². The van der Waals surface area contributed by atoms with Gasteiger partial charge in [0.2, 0.25) is 0 Å². The summed E-state index contributed by atoms with van der Waals surface area (Å²) in [7, 11) is 0. The summed E-state index contributed by atoms with van der Waals surface area (Å²) in [5, 5.41) is 21.2. The third kappa shape index (κ3) is 8.97. The number of aliphatic hydroxyl groups is 1. The van der Waals surface area contributed by atoms with E-state index in [1.165, 1.54) is 6.92 Å². The molecule has 1 unspecified atom stereocenters. The first-order valence-corrected chi connectivity index (χ1v) is 10.2. The number of nitrogen functional groups attached to an aromatic ring is 1. The highest BCUT2D eigenvalue weighted by atomic mass is 16.5. The Hall–Kier alpha value is -4.44. The number of pyridine rings is 1. The molecule has 1 atom stereocenters. The molecule has 0 aliphatic carbocycles. The zero-order valence-electron chi connectivity index (χ0n) is 18.5. The molecule has 178 valence electrons. The highest BCUT2D eigenvalue weighted by molar-refractivity contribution is 6.05. The number of carbonyl (C=O) groups is 3. The summed E-state index contributed by atoms with van der Waals surface area (Å²) >= 11 is 0. The van der Waals surface area contributed by atoms with E-state index in [1.807, 2.05) is 6.07 Å². The average molecular weight is 466 g/mol. The number of hydrogen-bond acceptors (Lipinski definition) is 7. The number of nitrogens with two attached hydrogens (primary N) is 1. The number of aromatic nitrogens is 1. The number of hydrogen-bond donors (Lipinski definition) is 5. The van der Waals surface area contributed by atoms with Crippen molar-refractivity contribution in [3.63, 3.8) is 0 Å². The molecule has 2 aromatic carbocycles. The number of para-hydroxylation sites is 2. The number of nitrogens with zero attached hydrogens (tertiary/aromatic N) is 1. The molecule has 10 nitrogen and oxygen atoms in total. The molecule has 3 aromatic rings. The van der Waals surface area contributed by atoms with Crippen LogP contribution in [0.15, 0.2) is 73.1 Å². The Kier molecular flexibility index (Phi) is 10.0. The van der Waals surface area contributed by atoms with E-state index in [0.29, 0.717) is 23.5 Å². The van der Waals surface area contributed by atoms with Crippen LogP contribution in [0.1, 0.15) is 28.4 Å². The van der Waals surface area contributed by atoms with Crippen LogP contribution in [0, 0.1) is 0 Å². The van der Waals surface area contributed by atoms with Gasteiger partial charge in [-0.1, -0.05) is 30.3 Å². The minimum absolute atomic E-state index is 0.154. The van der Waals surface area contributed by atoms with Crippen LogP contribution in [0.3, 0.4) is 0 Å². The van der Waals surface area contributed by atoms with Gasteiger partial charge in [0.15, 0.2) is 0 Å². The van der Waals surface area contributed by atoms with Gasteiger partial charge in [-0.3, -0.25) is 9.78 Å². The van der Waals surface area contributed by atoms with E-state index < -0.39 is 18.2 Å². The fourth-order valence-electron chi connectivity index (χ4n) is 2.44. The van der Waals surface area contributed by atoms with Crippen molar-refractivity contribution in [3.05, 3.63) is 89.7 Å². The number of carboxylic acid groups (broad SMARTS) is 1. The molecule has 10 heteroatoms. The predicted molar refractivity (Wildman–Crippen MR) is 126 cm³/mol. The van der Waals surface area contributed by atoms with Crippen LogP contribution in [0.25, 0.3) is 0 Å². The Bertz CT molecular complexity index is 1090. The molecule has 0 fully saturated rings. The summed E-state index contributed by atoms with van der Waals surface area (Å²) in [6.07, 6.45) is 1.54. The number of aliphatic carboxylic acids is 1. The Balaban J connectivity index is 0.000000604. The largest absolute Gasteiger partial charge is 0.479 e. The first-order valence-electron chi connectivity index (χ1n) is 10.2. The first kappa shape index (κ1) is 25.8. The van der Waals surface area contributed by atoms with Crippen molar-refractivity contribution in [1.29, 1.82) is 0 Å². The molecule has 2 amide bonds. The maximum Gasteiger partial charge on any atom is 0.407 e. The number of carboxylic acids is 1. The van der Waals surface area contributed by atoms with Crippen molar-refractivity contribution in [2.45, 2.75) is 26.2 Å². The van der Waals surface area contributed by atoms with E-state index >= 15 is 0 Å². The molecule has 34 heavy (non-hydrogen) atoms. The lowest BCUT2D eigenvalue weighted by Crippen LogP contribution is -2.23. The van der Waals surface area contributed by atoms with Crippen LogP contribution in [0.5, 0.6) is 0 Å². The molecule has 0 saturated heterocycles. The van der Waals surface area contributed by atoms with Crippen molar-refractivity contribution in [2.75, 3.05) is 11.1 Å². The second-order valence-corrected chi connectivity index (χ2v) is 7.04. The standard InChI is InChI=1S/C21H20N4O3.C3H6O3/c22-18-5-1-2-6-19(18)25-20(26)17-9-7-15(8-10-17)13-24-21(27)28-14-16-4-3-11-23-12-16;1-2(4)3(5)6/h1-12H,13-14,22H2,(H,24,27)(H,25,26);2,4H,1H3,(H,5,6). The number of carbonyl (C=O) groups excluding carboxylic acids is 2. The van der Waals surface area contributed by atoms with E-state index in [-0.39, 0.29) is 12.5 Å². The van der Waals surface area contributed by atoms with Gasteiger partial charge in [0.25, 0.3) is 5.91 Å². The average Bonchev–Trinajstić information content (AvgIpc) is 2.84. The number of benzene rings is 2. The second-order valence-electron chi connectivity index (χ2n) is 7.04. The van der Waals surface area contributed by atoms with Crippen LogP contribution in [-0.4, -0.2) is 39.3 Å². The van der Waals surface area contributed by atoms with Crippen molar-refractivity contribution >= 4 is 29.3 Å². The number of anilines is 2. The summed E-state index contributed by atoms with van der Waals surface area (Å²) < 4.78 is 5.12. The summed E-state index contributed by atoms with van der Waals surface area (Å²) in [6.45, 7) is 1.64. The lowest BCUT2D eigenvalue weighted by atomic mass is 10.1. The fourth-order valence-corrected chi connectivity index (χ4v) is 2.44. The molecule has 0 radical (unpaired) electrons. The maximum atomic E-state index is 12.3. The Morgan fingerprint density at radius 3 is 2.29 bits per heavy atom. The first-order chi connectivity index (χ1) is 16.3. The summed E-state index contributed by atoms with van der Waals surface area (Å²) in [5.41, 5.74) is 9.04.